The van der Waals surface area contributed by atoms with Crippen LogP contribution in [0.3, 0.4) is 0 Å². The Balaban J connectivity index is 3.74. The normalized spacial score (nSPS) is 9.73. The molecule has 4 nitrogen and oxygen atoms in total. The largest absolute Gasteiger partial charge is 0.426 e. The van der Waals surface area contributed by atoms with Crippen LogP contribution in [0.5, 0.6) is 0 Å². The third kappa shape index (κ3) is 1.95. The van der Waals surface area contributed by atoms with Gasteiger partial charge in [0.25, 0.3) is 0 Å². The molecule has 0 aliphatic rings. The summed E-state index contributed by atoms with van der Waals surface area (Å²) in [5, 5.41) is 8.79. The van der Waals surface area contributed by atoms with Crippen molar-refractivity contribution in [3.05, 3.63) is 27.3 Å². The van der Waals surface area contributed by atoms with Crippen LogP contribution in [-0.2, 0) is 0 Å². The van der Waals surface area contributed by atoms with Gasteiger partial charge in [0.05, 0.1) is 5.56 Å². The van der Waals surface area contributed by atoms with Gasteiger partial charge in [-0.05, 0) is 20.1 Å². The maximum Gasteiger partial charge on any atom is 0.355 e. The highest BCUT2D eigenvalue weighted by atomic mass is 32.2. The van der Waals surface area contributed by atoms with Crippen LogP contribution < -0.4 is 5.63 Å². The molecule has 0 amide bonds. The molecule has 0 unspecified atom stereocenters. The molecular formula is C10H9NO3S. The van der Waals surface area contributed by atoms with Gasteiger partial charge >= 0.3 is 5.63 Å². The second-order valence-corrected chi connectivity index (χ2v) is 3.71. The van der Waals surface area contributed by atoms with Gasteiger partial charge in [-0.1, -0.05) is 0 Å². The quantitative estimate of drug-likeness (QED) is 0.564. The molecule has 1 aromatic heterocycles. The van der Waals surface area contributed by atoms with Crippen molar-refractivity contribution in [1.29, 1.82) is 5.26 Å². The van der Waals surface area contributed by atoms with Gasteiger partial charge in [-0.2, -0.15) is 5.26 Å². The van der Waals surface area contributed by atoms with E-state index in [1.807, 2.05) is 0 Å². The Hall–Kier alpha value is -1.54. The van der Waals surface area contributed by atoms with Crippen LogP contribution in [0, 0.1) is 18.3 Å². The highest BCUT2D eigenvalue weighted by molar-refractivity contribution is 7.98. The lowest BCUT2D eigenvalue weighted by molar-refractivity contribution is 0.101. The van der Waals surface area contributed by atoms with Crippen LogP contribution in [0.1, 0.15) is 28.6 Å². The lowest BCUT2D eigenvalue weighted by Gasteiger charge is -2.06. The average molecular weight is 223 g/mol. The van der Waals surface area contributed by atoms with E-state index in [-0.39, 0.29) is 17.1 Å². The maximum atomic E-state index is 11.3. The lowest BCUT2D eigenvalue weighted by Crippen LogP contribution is -2.12. The van der Waals surface area contributed by atoms with E-state index in [1.165, 1.54) is 18.7 Å². The van der Waals surface area contributed by atoms with Gasteiger partial charge in [0.15, 0.2) is 11.3 Å². The molecule has 0 bridgehead atoms. The van der Waals surface area contributed by atoms with E-state index in [1.54, 1.807) is 19.2 Å². The van der Waals surface area contributed by atoms with Crippen molar-refractivity contribution < 1.29 is 9.21 Å². The summed E-state index contributed by atoms with van der Waals surface area (Å²) in [6, 6.07) is 1.76. The van der Waals surface area contributed by atoms with E-state index < -0.39 is 5.63 Å². The van der Waals surface area contributed by atoms with Crippen LogP contribution in [-0.4, -0.2) is 12.0 Å². The smallest absolute Gasteiger partial charge is 0.355 e. The van der Waals surface area contributed by atoms with E-state index in [0.717, 1.165) is 0 Å². The maximum absolute atomic E-state index is 11.3. The Morgan fingerprint density at radius 1 is 1.53 bits per heavy atom. The van der Waals surface area contributed by atoms with E-state index >= 15 is 0 Å². The molecule has 5 heteroatoms. The number of carbonyl (C=O) groups excluding carboxylic acids is 1. The molecule has 0 saturated heterocycles. The zero-order chi connectivity index (χ0) is 11.6. The Morgan fingerprint density at radius 2 is 2.13 bits per heavy atom. The SMILES string of the molecule is CSc1c(C(C)=O)c(C)oc(=O)c1C#N. The predicted molar refractivity (Wildman–Crippen MR) is 56.2 cm³/mol. The second kappa shape index (κ2) is 4.32. The van der Waals surface area contributed by atoms with Crippen LogP contribution in [0.4, 0.5) is 0 Å². The Bertz CT molecular complexity index is 511. The Kier molecular flexibility index (Phi) is 3.32. The summed E-state index contributed by atoms with van der Waals surface area (Å²) in [5.74, 6) is 0.0490. The van der Waals surface area contributed by atoms with Crippen LogP contribution in [0.2, 0.25) is 0 Å². The number of nitriles is 1. The fraction of sp³-hybridized carbons (Fsp3) is 0.300. The molecule has 1 rings (SSSR count). The number of carbonyl (C=O) groups is 1. The van der Waals surface area contributed by atoms with Crippen molar-refractivity contribution in [2.45, 2.75) is 18.7 Å². The summed E-state index contributed by atoms with van der Waals surface area (Å²) >= 11 is 1.20. The van der Waals surface area contributed by atoms with Gasteiger partial charge in [0, 0.05) is 4.90 Å². The van der Waals surface area contributed by atoms with E-state index in [4.69, 9.17) is 9.68 Å². The first kappa shape index (κ1) is 11.5. The Labute approximate surface area is 90.9 Å². The summed E-state index contributed by atoms with van der Waals surface area (Å²) in [6.45, 7) is 2.92. The first-order valence-electron chi connectivity index (χ1n) is 4.15. The van der Waals surface area contributed by atoms with Crippen LogP contribution in [0.15, 0.2) is 14.1 Å². The summed E-state index contributed by atoms with van der Waals surface area (Å²) in [5.41, 5.74) is -0.471. The molecule has 0 spiro atoms. The standard InChI is InChI=1S/C10H9NO3S/c1-5(12)8-6(2)14-10(13)7(4-11)9(8)15-3/h1-3H3. The molecule has 1 heterocycles. The van der Waals surface area contributed by atoms with Gasteiger partial charge in [-0.3, -0.25) is 4.79 Å². The predicted octanol–water partition coefficient (Wildman–Crippen LogP) is 1.74. The molecule has 0 N–H and O–H groups in total. The summed E-state index contributed by atoms with van der Waals surface area (Å²) in [6.07, 6.45) is 1.71. The van der Waals surface area contributed by atoms with Gasteiger partial charge in [-0.25, -0.2) is 4.79 Å². The average Bonchev–Trinajstić information content (AvgIpc) is 2.15. The first-order valence-corrected chi connectivity index (χ1v) is 5.38. The van der Waals surface area contributed by atoms with Gasteiger partial charge in [-0.15, -0.1) is 11.8 Å². The summed E-state index contributed by atoms with van der Waals surface area (Å²) < 4.78 is 4.82. The molecule has 0 aliphatic carbocycles. The highest BCUT2D eigenvalue weighted by Gasteiger charge is 2.19. The number of rotatable bonds is 2. The molecule has 78 valence electrons. The molecule has 0 saturated carbocycles. The van der Waals surface area contributed by atoms with E-state index in [9.17, 15) is 9.59 Å². The zero-order valence-corrected chi connectivity index (χ0v) is 9.40. The summed E-state index contributed by atoms with van der Waals surface area (Å²) in [7, 11) is 0. The van der Waals surface area contributed by atoms with Crippen LogP contribution >= 0.6 is 11.8 Å². The van der Waals surface area contributed by atoms with Crippen molar-refractivity contribution in [3.63, 3.8) is 0 Å². The molecule has 0 atom stereocenters. The highest BCUT2D eigenvalue weighted by Crippen LogP contribution is 2.25. The van der Waals surface area contributed by atoms with Crippen molar-refractivity contribution >= 4 is 17.5 Å². The lowest BCUT2D eigenvalue weighted by atomic mass is 10.1. The molecule has 1 aromatic rings. The minimum Gasteiger partial charge on any atom is -0.426 e. The van der Waals surface area contributed by atoms with Gasteiger partial charge in [0.1, 0.15) is 11.8 Å². The molecule has 0 aromatic carbocycles. The third-order valence-electron chi connectivity index (χ3n) is 1.92. The molecule has 0 radical (unpaired) electrons. The van der Waals surface area contributed by atoms with E-state index in [2.05, 4.69) is 0 Å². The first-order chi connectivity index (χ1) is 7.02. The number of aryl methyl sites for hydroxylation is 1. The molecule has 15 heavy (non-hydrogen) atoms. The number of hydrogen-bond donors (Lipinski definition) is 0. The second-order valence-electron chi connectivity index (χ2n) is 2.90. The van der Waals surface area contributed by atoms with Gasteiger partial charge in [0.2, 0.25) is 0 Å². The minimum atomic E-state index is -0.690. The number of nitrogens with zero attached hydrogens (tertiary/aromatic N) is 1. The van der Waals surface area contributed by atoms with Crippen molar-refractivity contribution in [2.75, 3.05) is 6.26 Å². The van der Waals surface area contributed by atoms with Crippen molar-refractivity contribution in [1.82, 2.24) is 0 Å². The van der Waals surface area contributed by atoms with E-state index in [0.29, 0.717) is 10.5 Å². The van der Waals surface area contributed by atoms with Gasteiger partial charge < -0.3 is 4.42 Å². The summed E-state index contributed by atoms with van der Waals surface area (Å²) in [4.78, 5) is 23.1. The molecule has 0 aliphatic heterocycles. The number of thioether (sulfide) groups is 1. The molecule has 0 fully saturated rings. The molecular weight excluding hydrogens is 214 g/mol. The number of ketones is 1. The number of hydrogen-bond acceptors (Lipinski definition) is 5. The third-order valence-corrected chi connectivity index (χ3v) is 2.74. The minimum absolute atomic E-state index is 0.0988. The van der Waals surface area contributed by atoms with Crippen molar-refractivity contribution in [3.8, 4) is 6.07 Å². The number of Topliss-reactive ketones (excluding diaryl/α,β-unsaturated/α-hetero) is 1. The van der Waals surface area contributed by atoms with Crippen molar-refractivity contribution in [2.24, 2.45) is 0 Å². The fourth-order valence-corrected chi connectivity index (χ4v) is 2.15. The Morgan fingerprint density at radius 3 is 2.53 bits per heavy atom. The zero-order valence-electron chi connectivity index (χ0n) is 8.58. The monoisotopic (exact) mass is 223 g/mol. The van der Waals surface area contributed by atoms with Crippen LogP contribution in [0.25, 0.3) is 0 Å². The topological polar surface area (TPSA) is 71.1 Å². The fourth-order valence-electron chi connectivity index (χ4n) is 1.33.